The molecule has 108 valence electrons. The van der Waals surface area contributed by atoms with Crippen molar-refractivity contribution in [1.29, 1.82) is 0 Å². The Hall–Kier alpha value is -2.09. The number of fused-ring (bicyclic) bond motifs is 1. The quantitative estimate of drug-likeness (QED) is 0.842. The number of rotatable bonds is 3. The molecule has 2 aromatic rings. The van der Waals surface area contributed by atoms with Crippen LogP contribution in [0.15, 0.2) is 42.5 Å². The van der Waals surface area contributed by atoms with E-state index in [2.05, 4.69) is 44.2 Å². The maximum Gasteiger partial charge on any atom is 0.134 e. The van der Waals surface area contributed by atoms with Crippen molar-refractivity contribution < 1.29 is 9.53 Å². The average molecular weight is 280 g/mol. The van der Waals surface area contributed by atoms with Gasteiger partial charge in [-0.25, -0.2) is 0 Å². The van der Waals surface area contributed by atoms with E-state index in [9.17, 15) is 4.79 Å². The Kier molecular flexibility index (Phi) is 3.32. The van der Waals surface area contributed by atoms with Crippen LogP contribution in [0.4, 0.5) is 0 Å². The predicted octanol–water partition coefficient (Wildman–Crippen LogP) is 4.20. The molecule has 0 N–H and O–H groups in total. The van der Waals surface area contributed by atoms with Gasteiger partial charge in [-0.2, -0.15) is 0 Å². The van der Waals surface area contributed by atoms with Crippen molar-refractivity contribution in [3.05, 3.63) is 53.6 Å². The number of Topliss-reactive ketones (excluding diaryl/α,β-unsaturated/α-hetero) is 1. The van der Waals surface area contributed by atoms with Crippen LogP contribution in [0.25, 0.3) is 11.1 Å². The van der Waals surface area contributed by atoms with Crippen LogP contribution in [-0.4, -0.2) is 11.4 Å². The van der Waals surface area contributed by atoms with Gasteiger partial charge in [0, 0.05) is 12.8 Å². The molecule has 3 rings (SSSR count). The maximum atomic E-state index is 11.1. The Morgan fingerprint density at radius 3 is 2.43 bits per heavy atom. The summed E-state index contributed by atoms with van der Waals surface area (Å²) in [6, 6.07) is 14.6. The first kappa shape index (κ1) is 13.9. The van der Waals surface area contributed by atoms with Crippen molar-refractivity contribution in [3.8, 4) is 16.9 Å². The third-order valence-corrected chi connectivity index (χ3v) is 3.80. The lowest BCUT2D eigenvalue weighted by Crippen LogP contribution is -2.24. The summed E-state index contributed by atoms with van der Waals surface area (Å²) in [5.41, 5.74) is 4.60. The van der Waals surface area contributed by atoms with Crippen LogP contribution in [0.2, 0.25) is 0 Å². The normalized spacial score (nSPS) is 15.4. The maximum absolute atomic E-state index is 11.1. The van der Waals surface area contributed by atoms with Crippen LogP contribution in [0, 0.1) is 0 Å². The molecule has 0 saturated heterocycles. The second kappa shape index (κ2) is 5.03. The van der Waals surface area contributed by atoms with Gasteiger partial charge in [0.05, 0.1) is 0 Å². The van der Waals surface area contributed by atoms with Gasteiger partial charge >= 0.3 is 0 Å². The van der Waals surface area contributed by atoms with Gasteiger partial charge in [0.25, 0.3) is 0 Å². The molecule has 2 nitrogen and oxygen atoms in total. The zero-order chi connectivity index (χ0) is 15.0. The minimum atomic E-state index is -0.105. The van der Waals surface area contributed by atoms with Crippen LogP contribution >= 0.6 is 0 Å². The smallest absolute Gasteiger partial charge is 0.134 e. The molecule has 2 aromatic carbocycles. The van der Waals surface area contributed by atoms with Crippen LogP contribution in [-0.2, 0) is 17.6 Å². The summed E-state index contributed by atoms with van der Waals surface area (Å²) in [7, 11) is 0. The highest BCUT2D eigenvalue weighted by molar-refractivity contribution is 5.78. The van der Waals surface area contributed by atoms with Crippen LogP contribution < -0.4 is 4.74 Å². The first-order valence-corrected chi connectivity index (χ1v) is 7.34. The summed E-state index contributed by atoms with van der Waals surface area (Å²) < 4.78 is 5.91. The van der Waals surface area contributed by atoms with E-state index < -0.39 is 0 Å². The Bertz CT molecular complexity index is 681. The highest BCUT2D eigenvalue weighted by atomic mass is 16.5. The van der Waals surface area contributed by atoms with Crippen molar-refractivity contribution >= 4 is 5.78 Å². The number of carbonyl (C=O) groups excluding carboxylic acids is 1. The molecule has 0 fully saturated rings. The average Bonchev–Trinajstić information content (AvgIpc) is 2.71. The molecule has 21 heavy (non-hydrogen) atoms. The van der Waals surface area contributed by atoms with E-state index in [-0.39, 0.29) is 11.4 Å². The van der Waals surface area contributed by atoms with E-state index in [0.29, 0.717) is 6.42 Å². The Morgan fingerprint density at radius 1 is 1.10 bits per heavy atom. The largest absolute Gasteiger partial charge is 0.487 e. The molecular weight excluding hydrogens is 260 g/mol. The van der Waals surface area contributed by atoms with E-state index in [1.807, 2.05) is 12.1 Å². The molecule has 0 aromatic heterocycles. The molecule has 1 heterocycles. The van der Waals surface area contributed by atoms with E-state index in [4.69, 9.17) is 4.74 Å². The van der Waals surface area contributed by atoms with Crippen LogP contribution in [0.1, 0.15) is 31.9 Å². The van der Waals surface area contributed by atoms with Crippen molar-refractivity contribution in [2.75, 3.05) is 0 Å². The van der Waals surface area contributed by atoms with Gasteiger partial charge in [-0.05, 0) is 55.2 Å². The zero-order valence-electron chi connectivity index (χ0n) is 12.8. The summed E-state index contributed by atoms with van der Waals surface area (Å²) in [4.78, 5) is 11.1. The van der Waals surface area contributed by atoms with Gasteiger partial charge in [-0.1, -0.05) is 30.3 Å². The molecule has 1 aliphatic heterocycles. The van der Waals surface area contributed by atoms with Crippen LogP contribution in [0.3, 0.4) is 0 Å². The second-order valence-corrected chi connectivity index (χ2v) is 6.44. The fraction of sp³-hybridized carbons (Fsp3) is 0.316. The molecule has 0 unspecified atom stereocenters. The molecule has 0 spiro atoms. The van der Waals surface area contributed by atoms with Crippen LogP contribution in [0.5, 0.6) is 5.75 Å². The van der Waals surface area contributed by atoms with Gasteiger partial charge in [0.15, 0.2) is 0 Å². The van der Waals surface area contributed by atoms with Gasteiger partial charge in [-0.15, -0.1) is 0 Å². The minimum absolute atomic E-state index is 0.105. The number of hydrogen-bond acceptors (Lipinski definition) is 2. The van der Waals surface area contributed by atoms with Crippen molar-refractivity contribution in [2.24, 2.45) is 0 Å². The predicted molar refractivity (Wildman–Crippen MR) is 84.7 cm³/mol. The first-order valence-electron chi connectivity index (χ1n) is 7.34. The highest BCUT2D eigenvalue weighted by Gasteiger charge is 2.29. The summed E-state index contributed by atoms with van der Waals surface area (Å²) in [6.07, 6.45) is 1.45. The highest BCUT2D eigenvalue weighted by Crippen LogP contribution is 2.37. The fourth-order valence-electron chi connectivity index (χ4n) is 2.89. The SMILES string of the molecule is CC(=O)Cc1ccc(-c2ccc3c(c2)CC(C)(C)O3)cc1. The Balaban J connectivity index is 1.87. The first-order chi connectivity index (χ1) is 9.93. The Morgan fingerprint density at radius 2 is 1.76 bits per heavy atom. The number of carbonyl (C=O) groups is 1. The Labute approximate surface area is 125 Å². The molecule has 2 heteroatoms. The summed E-state index contributed by atoms with van der Waals surface area (Å²) in [6.45, 7) is 5.85. The molecule has 0 atom stereocenters. The van der Waals surface area contributed by atoms with Crippen molar-refractivity contribution in [2.45, 2.75) is 39.2 Å². The van der Waals surface area contributed by atoms with Gasteiger partial charge in [0.2, 0.25) is 0 Å². The molecule has 0 bridgehead atoms. The summed E-state index contributed by atoms with van der Waals surface area (Å²) in [5.74, 6) is 1.19. The van der Waals surface area contributed by atoms with E-state index >= 15 is 0 Å². The monoisotopic (exact) mass is 280 g/mol. The van der Waals surface area contributed by atoms with Gasteiger partial charge in [-0.3, -0.25) is 4.79 Å². The van der Waals surface area contributed by atoms with E-state index in [0.717, 1.165) is 17.7 Å². The lowest BCUT2D eigenvalue weighted by Gasteiger charge is -2.16. The number of ether oxygens (including phenoxy) is 1. The summed E-state index contributed by atoms with van der Waals surface area (Å²) in [5, 5.41) is 0. The molecule has 1 aliphatic rings. The van der Waals surface area contributed by atoms with Gasteiger partial charge in [0.1, 0.15) is 17.1 Å². The van der Waals surface area contributed by atoms with E-state index in [1.54, 1.807) is 6.92 Å². The molecule has 0 amide bonds. The standard InChI is InChI=1S/C19H20O2/c1-13(20)10-14-4-6-15(7-5-14)16-8-9-18-17(11-16)12-19(2,3)21-18/h4-9,11H,10,12H2,1-3H3. The van der Waals surface area contributed by atoms with Crippen molar-refractivity contribution in [1.82, 2.24) is 0 Å². The lowest BCUT2D eigenvalue weighted by molar-refractivity contribution is -0.116. The molecule has 0 aliphatic carbocycles. The molecule has 0 saturated carbocycles. The number of hydrogen-bond donors (Lipinski definition) is 0. The lowest BCUT2D eigenvalue weighted by atomic mass is 9.97. The fourth-order valence-corrected chi connectivity index (χ4v) is 2.89. The third-order valence-electron chi connectivity index (χ3n) is 3.80. The summed E-state index contributed by atoms with van der Waals surface area (Å²) >= 11 is 0. The van der Waals surface area contributed by atoms with Crippen molar-refractivity contribution in [3.63, 3.8) is 0 Å². The minimum Gasteiger partial charge on any atom is -0.487 e. The molecule has 0 radical (unpaired) electrons. The topological polar surface area (TPSA) is 26.3 Å². The number of benzene rings is 2. The zero-order valence-corrected chi connectivity index (χ0v) is 12.8. The second-order valence-electron chi connectivity index (χ2n) is 6.44. The molecular formula is C19H20O2. The van der Waals surface area contributed by atoms with Gasteiger partial charge < -0.3 is 4.74 Å². The third kappa shape index (κ3) is 2.99. The number of ketones is 1. The van der Waals surface area contributed by atoms with E-state index in [1.165, 1.54) is 16.7 Å².